The van der Waals surface area contributed by atoms with Gasteiger partial charge in [0.15, 0.2) is 0 Å². The summed E-state index contributed by atoms with van der Waals surface area (Å²) in [5.41, 5.74) is 11.6. The molecule has 58 heavy (non-hydrogen) atoms. The highest BCUT2D eigenvalue weighted by atomic mass is 16.5. The number of anilines is 4. The van der Waals surface area contributed by atoms with Gasteiger partial charge in [-0.05, 0) is 93.7 Å². The van der Waals surface area contributed by atoms with Gasteiger partial charge in [0, 0.05) is 45.9 Å². The van der Waals surface area contributed by atoms with Crippen LogP contribution in [-0.2, 0) is 16.2 Å². The van der Waals surface area contributed by atoms with Crippen LogP contribution in [0, 0.1) is 0 Å². The molecule has 1 aliphatic heterocycles. The van der Waals surface area contributed by atoms with E-state index in [4.69, 9.17) is 9.72 Å². The van der Waals surface area contributed by atoms with Crippen LogP contribution >= 0.6 is 0 Å². The number of para-hydroxylation sites is 3. The van der Waals surface area contributed by atoms with Crippen molar-refractivity contribution in [1.29, 1.82) is 0 Å². The van der Waals surface area contributed by atoms with E-state index in [0.29, 0.717) is 6.67 Å². The van der Waals surface area contributed by atoms with Crippen molar-refractivity contribution in [1.82, 2.24) is 9.55 Å². The summed E-state index contributed by atoms with van der Waals surface area (Å²) in [6.07, 6.45) is 1.94. The molecule has 0 saturated carbocycles. The van der Waals surface area contributed by atoms with E-state index in [-0.39, 0.29) is 16.2 Å². The summed E-state index contributed by atoms with van der Waals surface area (Å²) in [7, 11) is 0. The lowest BCUT2D eigenvalue weighted by Gasteiger charge is -2.28. The average Bonchev–Trinajstić information content (AvgIpc) is 3.77. The monoisotopic (exact) mass is 760 g/mol. The number of ether oxygens (including phenoxy) is 1. The Labute approximate surface area is 343 Å². The summed E-state index contributed by atoms with van der Waals surface area (Å²) in [4.78, 5) is 9.74. The lowest BCUT2D eigenvalue weighted by atomic mass is 9.78. The Morgan fingerprint density at radius 3 is 1.84 bits per heavy atom. The zero-order chi connectivity index (χ0) is 40.4. The molecular formula is C53H52N4O. The second-order valence-electron chi connectivity index (χ2n) is 18.2. The van der Waals surface area contributed by atoms with Crippen molar-refractivity contribution in [2.45, 2.75) is 71.6 Å². The zero-order valence-electron chi connectivity index (χ0n) is 34.9. The Morgan fingerprint density at radius 2 is 1.14 bits per heavy atom. The standard InChI is InChI=1S/C53H52N4O/c1-51(2,3)37-28-29-54-49(31-37)57-45-25-13-12-24-43(45)50-44(52(4,5)6)33-42(34-48(50)57)58-41-23-17-22-40(32-41)56-35-55(46-26-14-15-27-47(46)56)39-21-16-20-38(30-39)53(7,8)36-18-10-9-11-19-36/h9-34H,35H2,1-8H3. The van der Waals surface area contributed by atoms with Crippen molar-refractivity contribution in [3.63, 3.8) is 0 Å². The van der Waals surface area contributed by atoms with Crippen LogP contribution in [0.4, 0.5) is 22.7 Å². The lowest BCUT2D eigenvalue weighted by molar-refractivity contribution is 0.480. The highest BCUT2D eigenvalue weighted by Gasteiger charge is 2.30. The largest absolute Gasteiger partial charge is 0.457 e. The third-order valence-electron chi connectivity index (χ3n) is 11.9. The fourth-order valence-electron chi connectivity index (χ4n) is 8.57. The van der Waals surface area contributed by atoms with Gasteiger partial charge in [0.2, 0.25) is 0 Å². The molecule has 5 nitrogen and oxygen atoms in total. The predicted molar refractivity (Wildman–Crippen MR) is 243 cm³/mol. The smallest absolute Gasteiger partial charge is 0.137 e. The Hall–Kier alpha value is -6.33. The summed E-state index contributed by atoms with van der Waals surface area (Å²) >= 11 is 0. The van der Waals surface area contributed by atoms with Crippen molar-refractivity contribution in [2.24, 2.45) is 0 Å². The Kier molecular flexibility index (Phi) is 8.96. The van der Waals surface area contributed by atoms with Crippen molar-refractivity contribution >= 4 is 44.6 Å². The summed E-state index contributed by atoms with van der Waals surface area (Å²) in [6, 6.07) is 54.5. The van der Waals surface area contributed by atoms with E-state index >= 15 is 0 Å². The van der Waals surface area contributed by atoms with Gasteiger partial charge in [-0.1, -0.05) is 134 Å². The third kappa shape index (κ3) is 6.58. The van der Waals surface area contributed by atoms with E-state index < -0.39 is 0 Å². The zero-order valence-corrected chi connectivity index (χ0v) is 34.9. The van der Waals surface area contributed by atoms with Gasteiger partial charge >= 0.3 is 0 Å². The van der Waals surface area contributed by atoms with Gasteiger partial charge in [0.25, 0.3) is 0 Å². The molecule has 0 atom stereocenters. The first-order valence-corrected chi connectivity index (χ1v) is 20.4. The third-order valence-corrected chi connectivity index (χ3v) is 11.9. The van der Waals surface area contributed by atoms with Crippen LogP contribution in [0.25, 0.3) is 27.6 Å². The van der Waals surface area contributed by atoms with E-state index in [9.17, 15) is 0 Å². The van der Waals surface area contributed by atoms with Gasteiger partial charge < -0.3 is 14.5 Å². The van der Waals surface area contributed by atoms with E-state index in [1.807, 2.05) is 6.20 Å². The Bertz CT molecular complexity index is 2800. The topological polar surface area (TPSA) is 33.5 Å². The number of aromatic nitrogens is 2. The van der Waals surface area contributed by atoms with Crippen molar-refractivity contribution < 1.29 is 4.74 Å². The van der Waals surface area contributed by atoms with Crippen LogP contribution in [0.5, 0.6) is 11.5 Å². The molecule has 0 bridgehead atoms. The van der Waals surface area contributed by atoms with Gasteiger partial charge in [-0.15, -0.1) is 0 Å². The molecular weight excluding hydrogens is 709 g/mol. The maximum atomic E-state index is 6.91. The minimum absolute atomic E-state index is 0.0114. The van der Waals surface area contributed by atoms with Crippen LogP contribution in [0.1, 0.15) is 77.6 Å². The molecule has 0 unspecified atom stereocenters. The molecule has 2 aromatic heterocycles. The normalized spacial score (nSPS) is 13.4. The van der Waals surface area contributed by atoms with Crippen molar-refractivity contribution in [2.75, 3.05) is 16.5 Å². The first-order valence-electron chi connectivity index (χ1n) is 20.4. The van der Waals surface area contributed by atoms with E-state index in [1.165, 1.54) is 50.1 Å². The van der Waals surface area contributed by atoms with Crippen LogP contribution < -0.4 is 14.5 Å². The summed E-state index contributed by atoms with van der Waals surface area (Å²) < 4.78 is 9.22. The van der Waals surface area contributed by atoms with Gasteiger partial charge in [0.05, 0.1) is 22.4 Å². The number of benzene rings is 6. The fraction of sp³-hybridized carbons (Fsp3) is 0.226. The molecule has 0 aliphatic carbocycles. The first kappa shape index (κ1) is 37.3. The van der Waals surface area contributed by atoms with E-state index in [1.54, 1.807) is 0 Å². The van der Waals surface area contributed by atoms with Gasteiger partial charge in [-0.3, -0.25) is 4.57 Å². The maximum Gasteiger partial charge on any atom is 0.137 e. The lowest BCUT2D eigenvalue weighted by Crippen LogP contribution is -2.25. The summed E-state index contributed by atoms with van der Waals surface area (Å²) in [5.74, 6) is 2.49. The van der Waals surface area contributed by atoms with Crippen LogP contribution in [0.2, 0.25) is 0 Å². The molecule has 0 amide bonds. The van der Waals surface area contributed by atoms with E-state index in [2.05, 4.69) is 221 Å². The van der Waals surface area contributed by atoms with Gasteiger partial charge in [0.1, 0.15) is 24.0 Å². The molecule has 5 heteroatoms. The molecule has 0 N–H and O–H groups in total. The van der Waals surface area contributed by atoms with Crippen LogP contribution in [0.3, 0.4) is 0 Å². The Balaban J connectivity index is 1.10. The number of pyridine rings is 1. The SMILES string of the molecule is CC(C)(C)c1ccnc(-n2c3ccccc3c3c(C(C)(C)C)cc(Oc4cccc(N5CN(c6cccc(C(C)(C)c7ccccc7)c6)c6ccccc65)c4)cc32)c1. The summed E-state index contributed by atoms with van der Waals surface area (Å²) in [6.45, 7) is 18.9. The molecule has 1 aliphatic rings. The highest BCUT2D eigenvalue weighted by Crippen LogP contribution is 2.47. The van der Waals surface area contributed by atoms with Crippen molar-refractivity contribution in [3.05, 3.63) is 180 Å². The quantitative estimate of drug-likeness (QED) is 0.162. The molecule has 6 aromatic carbocycles. The number of nitrogens with zero attached hydrogens (tertiary/aromatic N) is 4. The number of hydrogen-bond donors (Lipinski definition) is 0. The number of fused-ring (bicyclic) bond motifs is 4. The second kappa shape index (κ2) is 13.9. The van der Waals surface area contributed by atoms with Crippen LogP contribution in [0.15, 0.2) is 158 Å². The number of rotatable bonds is 7. The van der Waals surface area contributed by atoms with E-state index in [0.717, 1.165) is 34.0 Å². The van der Waals surface area contributed by atoms with Crippen molar-refractivity contribution in [3.8, 4) is 17.3 Å². The molecule has 8 aromatic rings. The van der Waals surface area contributed by atoms with Crippen LogP contribution in [-0.4, -0.2) is 16.2 Å². The minimum atomic E-state index is -0.147. The molecule has 3 heterocycles. The molecule has 290 valence electrons. The minimum Gasteiger partial charge on any atom is -0.457 e. The van der Waals surface area contributed by atoms with Gasteiger partial charge in [-0.25, -0.2) is 4.98 Å². The highest BCUT2D eigenvalue weighted by molar-refractivity contribution is 6.11. The Morgan fingerprint density at radius 1 is 0.500 bits per heavy atom. The second-order valence-corrected chi connectivity index (χ2v) is 18.2. The molecule has 9 rings (SSSR count). The molecule has 0 spiro atoms. The number of hydrogen-bond acceptors (Lipinski definition) is 4. The molecule has 0 saturated heterocycles. The predicted octanol–water partition coefficient (Wildman–Crippen LogP) is 14.1. The maximum absolute atomic E-state index is 6.91. The fourth-order valence-corrected chi connectivity index (χ4v) is 8.57. The first-order chi connectivity index (χ1) is 27.8. The van der Waals surface area contributed by atoms with Gasteiger partial charge in [-0.2, -0.15) is 0 Å². The molecule has 0 fully saturated rings. The molecule has 0 radical (unpaired) electrons. The summed E-state index contributed by atoms with van der Waals surface area (Å²) in [5, 5.41) is 2.45. The average molecular weight is 761 g/mol.